The molecular weight excluding hydrogens is 440 g/mol. The number of thiazole rings is 1. The van der Waals surface area contributed by atoms with Gasteiger partial charge in [-0.1, -0.05) is 6.92 Å². The van der Waals surface area contributed by atoms with Gasteiger partial charge in [0.1, 0.15) is 16.6 Å². The number of ether oxygens (including phenoxy) is 2. The molecule has 0 atom stereocenters. The van der Waals surface area contributed by atoms with E-state index in [4.69, 9.17) is 9.47 Å². The van der Waals surface area contributed by atoms with E-state index in [1.165, 1.54) is 24.5 Å². The molecule has 0 unspecified atom stereocenters. The number of H-pyrrole nitrogens is 1. The van der Waals surface area contributed by atoms with E-state index in [0.717, 1.165) is 33.8 Å². The van der Waals surface area contributed by atoms with Crippen LogP contribution in [0.1, 0.15) is 28.4 Å². The van der Waals surface area contributed by atoms with Crippen molar-refractivity contribution in [2.24, 2.45) is 0 Å². The predicted molar refractivity (Wildman–Crippen MR) is 129 cm³/mol. The van der Waals surface area contributed by atoms with Crippen molar-refractivity contribution in [2.75, 3.05) is 19.1 Å². The lowest BCUT2D eigenvalue weighted by Gasteiger charge is -2.27. The molecular formula is C24H24N4O4S. The van der Waals surface area contributed by atoms with E-state index in [-0.39, 0.29) is 5.56 Å². The van der Waals surface area contributed by atoms with Crippen LogP contribution in [-0.4, -0.2) is 40.5 Å². The summed E-state index contributed by atoms with van der Waals surface area (Å²) < 4.78 is 10.5. The zero-order valence-electron chi connectivity index (χ0n) is 18.7. The summed E-state index contributed by atoms with van der Waals surface area (Å²) in [6.07, 6.45) is 2.41. The smallest absolute Gasteiger partial charge is 0.337 e. The molecule has 4 aromatic rings. The summed E-state index contributed by atoms with van der Waals surface area (Å²) in [4.78, 5) is 18.6. The van der Waals surface area contributed by atoms with Crippen LogP contribution in [0.25, 0.3) is 10.6 Å². The van der Waals surface area contributed by atoms with Crippen molar-refractivity contribution < 1.29 is 19.4 Å². The van der Waals surface area contributed by atoms with Crippen molar-refractivity contribution in [1.82, 2.24) is 15.2 Å². The second-order valence-electron chi connectivity index (χ2n) is 7.31. The molecule has 2 aromatic carbocycles. The molecule has 0 aliphatic carbocycles. The van der Waals surface area contributed by atoms with Crippen LogP contribution in [0.2, 0.25) is 0 Å². The van der Waals surface area contributed by atoms with Crippen LogP contribution >= 0.6 is 11.3 Å². The maximum absolute atomic E-state index is 12.1. The first-order valence-corrected chi connectivity index (χ1v) is 11.2. The minimum absolute atomic E-state index is 0.120. The first kappa shape index (κ1) is 22.3. The Hall–Kier alpha value is -3.85. The van der Waals surface area contributed by atoms with E-state index >= 15 is 0 Å². The Labute approximate surface area is 195 Å². The first-order chi connectivity index (χ1) is 16.0. The van der Waals surface area contributed by atoms with Crippen LogP contribution in [-0.2, 0) is 6.42 Å². The van der Waals surface area contributed by atoms with Gasteiger partial charge in [0.2, 0.25) is 5.88 Å². The molecule has 2 N–H and O–H groups in total. The Kier molecular flexibility index (Phi) is 6.32. The zero-order chi connectivity index (χ0) is 23.5. The third-order valence-corrected chi connectivity index (χ3v) is 6.22. The number of nitrogens with zero attached hydrogens (tertiary/aromatic N) is 3. The van der Waals surface area contributed by atoms with Crippen LogP contribution in [0.4, 0.5) is 17.2 Å². The van der Waals surface area contributed by atoms with Gasteiger partial charge in [-0.25, -0.2) is 9.78 Å². The Bertz CT molecular complexity index is 1280. The maximum atomic E-state index is 12.1. The molecule has 0 bridgehead atoms. The molecule has 0 amide bonds. The summed E-state index contributed by atoms with van der Waals surface area (Å²) in [5.74, 6) is 0.659. The fourth-order valence-electron chi connectivity index (χ4n) is 3.72. The van der Waals surface area contributed by atoms with Crippen LogP contribution in [0, 0.1) is 6.92 Å². The van der Waals surface area contributed by atoms with E-state index in [2.05, 4.69) is 34.2 Å². The number of methoxy groups -OCH3 is 2. The summed E-state index contributed by atoms with van der Waals surface area (Å²) in [6.45, 7) is 4.08. The average molecular weight is 465 g/mol. The van der Waals surface area contributed by atoms with E-state index in [1.807, 2.05) is 17.2 Å². The van der Waals surface area contributed by atoms with E-state index < -0.39 is 5.97 Å². The number of benzene rings is 2. The van der Waals surface area contributed by atoms with E-state index in [0.29, 0.717) is 23.1 Å². The fraction of sp³-hybridized carbons (Fsp3) is 0.208. The number of aromatic nitrogens is 3. The van der Waals surface area contributed by atoms with Gasteiger partial charge in [-0.05, 0) is 54.8 Å². The lowest BCUT2D eigenvalue weighted by molar-refractivity contribution is 0.0697. The molecule has 0 aliphatic rings. The number of carbonyl (C=O) groups is 1. The summed E-state index contributed by atoms with van der Waals surface area (Å²) in [5.41, 5.74) is 4.54. The number of anilines is 3. The minimum atomic E-state index is -1.05. The summed E-state index contributed by atoms with van der Waals surface area (Å²) >= 11 is 1.53. The molecule has 2 heterocycles. The monoisotopic (exact) mass is 464 g/mol. The minimum Gasteiger partial charge on any atom is -0.497 e. The molecule has 0 fully saturated rings. The number of carboxylic acids is 1. The van der Waals surface area contributed by atoms with Gasteiger partial charge in [0, 0.05) is 11.6 Å². The highest BCUT2D eigenvalue weighted by Gasteiger charge is 2.24. The SMILES string of the molecule is CCc1cc(N(c2ccn[nH]2)c2ccc(OC)cc2C(=O)O)c(C)cc1-c1nc(OC)cs1. The highest BCUT2D eigenvalue weighted by Crippen LogP contribution is 2.41. The van der Waals surface area contributed by atoms with Crippen LogP contribution in [0.15, 0.2) is 48.0 Å². The zero-order valence-corrected chi connectivity index (χ0v) is 19.6. The largest absolute Gasteiger partial charge is 0.497 e. The van der Waals surface area contributed by atoms with E-state index in [1.54, 1.807) is 31.5 Å². The molecule has 0 spiro atoms. The van der Waals surface area contributed by atoms with Crippen molar-refractivity contribution in [1.29, 1.82) is 0 Å². The Balaban J connectivity index is 1.92. The summed E-state index contributed by atoms with van der Waals surface area (Å²) in [6, 6.07) is 11.0. The number of aromatic amines is 1. The van der Waals surface area contributed by atoms with Gasteiger partial charge in [0.15, 0.2) is 0 Å². The van der Waals surface area contributed by atoms with Gasteiger partial charge in [-0.2, -0.15) is 5.10 Å². The Morgan fingerprint density at radius 1 is 1.15 bits per heavy atom. The van der Waals surface area contributed by atoms with Gasteiger partial charge < -0.3 is 14.6 Å². The molecule has 0 aliphatic heterocycles. The maximum Gasteiger partial charge on any atom is 0.337 e. The van der Waals surface area contributed by atoms with Crippen LogP contribution in [0.3, 0.4) is 0 Å². The van der Waals surface area contributed by atoms with Gasteiger partial charge >= 0.3 is 5.97 Å². The molecule has 9 heteroatoms. The summed E-state index contributed by atoms with van der Waals surface area (Å²) in [5, 5.41) is 19.8. The molecule has 8 nitrogen and oxygen atoms in total. The number of hydrogen-bond donors (Lipinski definition) is 2. The second-order valence-corrected chi connectivity index (χ2v) is 8.17. The van der Waals surface area contributed by atoms with Crippen molar-refractivity contribution in [3.05, 3.63) is 64.7 Å². The van der Waals surface area contributed by atoms with Crippen molar-refractivity contribution >= 4 is 34.5 Å². The number of aryl methyl sites for hydroxylation is 2. The average Bonchev–Trinajstić information content (AvgIpc) is 3.52. The fourth-order valence-corrected chi connectivity index (χ4v) is 4.54. The number of rotatable bonds is 8. The summed E-state index contributed by atoms with van der Waals surface area (Å²) in [7, 11) is 3.11. The van der Waals surface area contributed by atoms with Crippen LogP contribution in [0.5, 0.6) is 11.6 Å². The molecule has 0 saturated carbocycles. The second kappa shape index (κ2) is 9.33. The number of nitrogens with one attached hydrogen (secondary N) is 1. The lowest BCUT2D eigenvalue weighted by Crippen LogP contribution is -2.16. The van der Waals surface area contributed by atoms with E-state index in [9.17, 15) is 9.90 Å². The molecule has 4 rings (SSSR count). The number of carboxylic acid groups (broad SMARTS) is 1. The van der Waals surface area contributed by atoms with Crippen molar-refractivity contribution in [3.8, 4) is 22.2 Å². The molecule has 0 radical (unpaired) electrons. The highest BCUT2D eigenvalue weighted by atomic mass is 32.1. The normalized spacial score (nSPS) is 10.8. The quantitative estimate of drug-likeness (QED) is 0.351. The lowest BCUT2D eigenvalue weighted by atomic mass is 9.99. The molecule has 2 aromatic heterocycles. The third-order valence-electron chi connectivity index (χ3n) is 5.37. The van der Waals surface area contributed by atoms with Crippen molar-refractivity contribution in [3.63, 3.8) is 0 Å². The first-order valence-electron chi connectivity index (χ1n) is 10.3. The van der Waals surface area contributed by atoms with Gasteiger partial charge in [-0.15, -0.1) is 11.3 Å². The molecule has 170 valence electrons. The Morgan fingerprint density at radius 3 is 2.58 bits per heavy atom. The Morgan fingerprint density at radius 2 is 1.97 bits per heavy atom. The van der Waals surface area contributed by atoms with Gasteiger partial charge in [-0.3, -0.25) is 10.00 Å². The predicted octanol–water partition coefficient (Wildman–Crippen LogP) is 5.59. The molecule has 33 heavy (non-hydrogen) atoms. The number of aromatic carboxylic acids is 1. The highest BCUT2D eigenvalue weighted by molar-refractivity contribution is 7.13. The van der Waals surface area contributed by atoms with Gasteiger partial charge in [0.25, 0.3) is 0 Å². The third kappa shape index (κ3) is 4.27. The van der Waals surface area contributed by atoms with Gasteiger partial charge in [0.05, 0.1) is 42.7 Å². The number of hydrogen-bond acceptors (Lipinski definition) is 7. The molecule has 0 saturated heterocycles. The van der Waals surface area contributed by atoms with Crippen LogP contribution < -0.4 is 14.4 Å². The standard InChI is InChI=1S/C24H24N4O4S/c1-5-15-11-20(14(2)10-17(15)23-26-22(32-4)13-33-23)28(21-8-9-25-27-21)19-7-6-16(31-3)12-18(19)24(29)30/h6-13H,5H2,1-4H3,(H,25,27)(H,29,30). The topological polar surface area (TPSA) is 101 Å². The van der Waals surface area contributed by atoms with Crippen molar-refractivity contribution in [2.45, 2.75) is 20.3 Å².